The lowest BCUT2D eigenvalue weighted by Gasteiger charge is -2.26. The standard InChI is InChI=1S/C14H15ClN4O/c1-18-13-10(8-16-14(18)15)19(2)17-12(13)9-6-4-5-7-11(9)20-3/h4-8,14H,1-3H3. The molecule has 5 nitrogen and oxygen atoms in total. The number of para-hydroxylation sites is 1. The van der Waals surface area contributed by atoms with Crippen LogP contribution in [-0.2, 0) is 7.05 Å². The van der Waals surface area contributed by atoms with Gasteiger partial charge < -0.3 is 9.64 Å². The average molecular weight is 291 g/mol. The van der Waals surface area contributed by atoms with Crippen LogP contribution >= 0.6 is 11.6 Å². The van der Waals surface area contributed by atoms with Gasteiger partial charge in [0.1, 0.15) is 17.1 Å². The second-order valence-electron chi connectivity index (χ2n) is 4.61. The van der Waals surface area contributed by atoms with Crippen LogP contribution in [0.5, 0.6) is 5.75 Å². The molecule has 0 aliphatic carbocycles. The molecule has 0 radical (unpaired) electrons. The average Bonchev–Trinajstić information content (AvgIpc) is 2.80. The van der Waals surface area contributed by atoms with Crippen molar-refractivity contribution in [1.82, 2.24) is 9.78 Å². The summed E-state index contributed by atoms with van der Waals surface area (Å²) in [7, 11) is 5.46. The molecule has 6 heteroatoms. The molecule has 2 aromatic rings. The fourth-order valence-electron chi connectivity index (χ4n) is 2.38. The number of methoxy groups -OCH3 is 1. The number of aliphatic imine (C=N–C) groups is 1. The smallest absolute Gasteiger partial charge is 0.197 e. The van der Waals surface area contributed by atoms with Gasteiger partial charge in [-0.15, -0.1) is 0 Å². The summed E-state index contributed by atoms with van der Waals surface area (Å²) in [6.07, 6.45) is 1.76. The Bertz CT molecular complexity index is 680. The molecule has 104 valence electrons. The second-order valence-corrected chi connectivity index (χ2v) is 5.00. The number of benzene rings is 1. The maximum atomic E-state index is 6.20. The van der Waals surface area contributed by atoms with E-state index in [9.17, 15) is 0 Å². The van der Waals surface area contributed by atoms with Crippen LogP contribution in [0, 0.1) is 0 Å². The van der Waals surface area contributed by atoms with Gasteiger partial charge in [0.25, 0.3) is 0 Å². The third-order valence-corrected chi connectivity index (χ3v) is 3.83. The van der Waals surface area contributed by atoms with Crippen molar-refractivity contribution < 1.29 is 4.74 Å². The highest BCUT2D eigenvalue weighted by atomic mass is 35.5. The zero-order chi connectivity index (χ0) is 14.3. The van der Waals surface area contributed by atoms with Crippen LogP contribution < -0.4 is 9.64 Å². The van der Waals surface area contributed by atoms with Gasteiger partial charge >= 0.3 is 0 Å². The Labute approximate surface area is 122 Å². The Morgan fingerprint density at radius 3 is 2.75 bits per heavy atom. The van der Waals surface area contributed by atoms with Gasteiger partial charge in [-0.25, -0.2) is 0 Å². The van der Waals surface area contributed by atoms with Crippen LogP contribution in [0.4, 0.5) is 5.69 Å². The monoisotopic (exact) mass is 290 g/mol. The Kier molecular flexibility index (Phi) is 3.14. The quantitative estimate of drug-likeness (QED) is 0.630. The number of alkyl halides is 1. The molecule has 20 heavy (non-hydrogen) atoms. The number of ether oxygens (including phenoxy) is 1. The molecule has 0 fully saturated rings. The van der Waals surface area contributed by atoms with E-state index in [1.54, 1.807) is 18.0 Å². The molecule has 1 aliphatic rings. The Morgan fingerprint density at radius 2 is 2.00 bits per heavy atom. The molecule has 0 N–H and O–H groups in total. The van der Waals surface area contributed by atoms with E-state index < -0.39 is 5.62 Å². The normalized spacial score (nSPS) is 17.2. The highest BCUT2D eigenvalue weighted by molar-refractivity contribution is 6.23. The van der Waals surface area contributed by atoms with Crippen molar-refractivity contribution in [2.75, 3.05) is 19.1 Å². The zero-order valence-electron chi connectivity index (χ0n) is 11.5. The summed E-state index contributed by atoms with van der Waals surface area (Å²) in [5, 5.41) is 4.60. The predicted molar refractivity (Wildman–Crippen MR) is 80.8 cm³/mol. The van der Waals surface area contributed by atoms with Crippen molar-refractivity contribution in [2.24, 2.45) is 12.0 Å². The van der Waals surface area contributed by atoms with E-state index in [2.05, 4.69) is 10.1 Å². The van der Waals surface area contributed by atoms with Gasteiger partial charge in [0.15, 0.2) is 5.62 Å². The molecule has 0 saturated heterocycles. The molecule has 2 heterocycles. The van der Waals surface area contributed by atoms with Crippen molar-refractivity contribution in [3.8, 4) is 17.0 Å². The molecule has 0 bridgehead atoms. The first-order valence-corrected chi connectivity index (χ1v) is 6.67. The molecular weight excluding hydrogens is 276 g/mol. The molecule has 0 amide bonds. The Balaban J connectivity index is 2.24. The number of fused-ring (bicyclic) bond motifs is 1. The van der Waals surface area contributed by atoms with E-state index in [1.165, 1.54) is 0 Å². The van der Waals surface area contributed by atoms with Gasteiger partial charge in [0.2, 0.25) is 0 Å². The molecule has 0 saturated carbocycles. The van der Waals surface area contributed by atoms with Crippen molar-refractivity contribution in [1.29, 1.82) is 0 Å². The van der Waals surface area contributed by atoms with Gasteiger partial charge in [-0.3, -0.25) is 9.67 Å². The van der Waals surface area contributed by atoms with Crippen LogP contribution in [-0.4, -0.2) is 35.8 Å². The molecule has 1 atom stereocenters. The van der Waals surface area contributed by atoms with E-state index in [4.69, 9.17) is 16.3 Å². The van der Waals surface area contributed by atoms with E-state index in [0.717, 1.165) is 28.4 Å². The summed E-state index contributed by atoms with van der Waals surface area (Å²) in [6.45, 7) is 0. The summed E-state index contributed by atoms with van der Waals surface area (Å²) in [6, 6.07) is 7.82. The molecule has 1 aromatic heterocycles. The minimum absolute atomic E-state index is 0.417. The summed E-state index contributed by atoms with van der Waals surface area (Å²) in [5.41, 5.74) is 3.27. The van der Waals surface area contributed by atoms with E-state index in [0.29, 0.717) is 0 Å². The Hall–Kier alpha value is -2.01. The predicted octanol–water partition coefficient (Wildman–Crippen LogP) is 2.49. The van der Waals surface area contributed by atoms with Crippen LogP contribution in [0.15, 0.2) is 29.3 Å². The number of anilines is 1. The summed E-state index contributed by atoms with van der Waals surface area (Å²) in [4.78, 5) is 6.15. The van der Waals surface area contributed by atoms with Gasteiger partial charge in [-0.2, -0.15) is 5.10 Å². The highest BCUT2D eigenvalue weighted by Gasteiger charge is 2.27. The fourth-order valence-corrected chi connectivity index (χ4v) is 2.53. The van der Waals surface area contributed by atoms with Crippen molar-refractivity contribution >= 4 is 23.5 Å². The number of nitrogens with zero attached hydrogens (tertiary/aromatic N) is 4. The first kappa shape index (κ1) is 13.0. The van der Waals surface area contributed by atoms with Gasteiger partial charge in [0, 0.05) is 19.7 Å². The number of aromatic nitrogens is 2. The minimum atomic E-state index is -0.417. The van der Waals surface area contributed by atoms with Crippen molar-refractivity contribution in [3.63, 3.8) is 0 Å². The lowest BCUT2D eigenvalue weighted by molar-refractivity contribution is 0.416. The first-order chi connectivity index (χ1) is 9.63. The number of hydrogen-bond acceptors (Lipinski definition) is 4. The fraction of sp³-hybridized carbons (Fsp3) is 0.286. The first-order valence-electron chi connectivity index (χ1n) is 6.24. The molecule has 1 unspecified atom stereocenters. The molecule has 3 rings (SSSR count). The lowest BCUT2D eigenvalue weighted by atomic mass is 10.1. The number of rotatable bonds is 2. The Morgan fingerprint density at radius 1 is 1.25 bits per heavy atom. The van der Waals surface area contributed by atoms with Crippen LogP contribution in [0.3, 0.4) is 0 Å². The third-order valence-electron chi connectivity index (χ3n) is 3.42. The van der Waals surface area contributed by atoms with Gasteiger partial charge in [0.05, 0.1) is 19.0 Å². The summed E-state index contributed by atoms with van der Waals surface area (Å²) < 4.78 is 7.23. The second kappa shape index (κ2) is 4.83. The van der Waals surface area contributed by atoms with Crippen LogP contribution in [0.2, 0.25) is 0 Å². The molecular formula is C14H15ClN4O. The third kappa shape index (κ3) is 1.86. The summed E-state index contributed by atoms with van der Waals surface area (Å²) in [5.74, 6) is 0.787. The zero-order valence-corrected chi connectivity index (χ0v) is 12.3. The summed E-state index contributed by atoms with van der Waals surface area (Å²) >= 11 is 6.20. The minimum Gasteiger partial charge on any atom is -0.496 e. The molecule has 1 aliphatic heterocycles. The SMILES string of the molecule is COc1ccccc1-c1nn(C)c2c1N(C)C(Cl)N=C2. The maximum Gasteiger partial charge on any atom is 0.197 e. The van der Waals surface area contributed by atoms with E-state index >= 15 is 0 Å². The van der Waals surface area contributed by atoms with Crippen molar-refractivity contribution in [3.05, 3.63) is 30.0 Å². The van der Waals surface area contributed by atoms with Crippen LogP contribution in [0.1, 0.15) is 5.69 Å². The van der Waals surface area contributed by atoms with Crippen LogP contribution in [0.25, 0.3) is 11.3 Å². The molecule has 1 aromatic carbocycles. The van der Waals surface area contributed by atoms with Gasteiger partial charge in [-0.05, 0) is 12.1 Å². The topological polar surface area (TPSA) is 42.6 Å². The van der Waals surface area contributed by atoms with E-state index in [1.807, 2.05) is 43.3 Å². The van der Waals surface area contributed by atoms with Gasteiger partial charge in [-0.1, -0.05) is 23.7 Å². The molecule has 0 spiro atoms. The largest absolute Gasteiger partial charge is 0.496 e. The highest BCUT2D eigenvalue weighted by Crippen LogP contribution is 2.39. The number of hydrogen-bond donors (Lipinski definition) is 0. The number of halogens is 1. The van der Waals surface area contributed by atoms with E-state index in [-0.39, 0.29) is 0 Å². The van der Waals surface area contributed by atoms with Crippen molar-refractivity contribution in [2.45, 2.75) is 5.62 Å². The number of aryl methyl sites for hydroxylation is 1. The lowest BCUT2D eigenvalue weighted by Crippen LogP contribution is -2.29. The maximum absolute atomic E-state index is 6.20.